The Balaban J connectivity index is 1.75. The molecule has 3 aromatic heterocycles. The van der Waals surface area contributed by atoms with Crippen molar-refractivity contribution in [3.63, 3.8) is 0 Å². The molecular formula is C30H29FN4O5. The van der Waals surface area contributed by atoms with Gasteiger partial charge in [0.15, 0.2) is 11.4 Å². The third-order valence-corrected chi connectivity index (χ3v) is 6.71. The molecule has 5 rings (SSSR count). The predicted octanol–water partition coefficient (Wildman–Crippen LogP) is 4.38. The van der Waals surface area contributed by atoms with E-state index in [1.165, 1.54) is 30.9 Å². The molecule has 0 amide bonds. The molecule has 0 bridgehead atoms. The number of hydrogen-bond acceptors (Lipinski definition) is 6. The molecule has 40 heavy (non-hydrogen) atoms. The Morgan fingerprint density at radius 1 is 1.05 bits per heavy atom. The number of benzene rings is 2. The Labute approximate surface area is 229 Å². The van der Waals surface area contributed by atoms with Crippen LogP contribution in [0.15, 0.2) is 74.7 Å². The Bertz CT molecular complexity index is 1830. The second-order valence-corrected chi connectivity index (χ2v) is 10.0. The smallest absolute Gasteiger partial charge is 0.332 e. The molecule has 0 saturated carbocycles. The molecule has 0 aliphatic rings. The van der Waals surface area contributed by atoms with Crippen LogP contribution in [0.3, 0.4) is 0 Å². The van der Waals surface area contributed by atoms with Crippen LogP contribution in [0.1, 0.15) is 25.2 Å². The third-order valence-electron chi connectivity index (χ3n) is 6.71. The molecule has 3 heterocycles. The molecule has 0 aliphatic heterocycles. The van der Waals surface area contributed by atoms with Crippen molar-refractivity contribution in [2.45, 2.75) is 33.4 Å². The molecule has 10 heteroatoms. The summed E-state index contributed by atoms with van der Waals surface area (Å²) in [4.78, 5) is 38.6. The highest BCUT2D eigenvalue weighted by molar-refractivity contribution is 5.89. The molecule has 206 valence electrons. The van der Waals surface area contributed by atoms with Crippen LogP contribution in [-0.4, -0.2) is 32.0 Å². The Kier molecular flexibility index (Phi) is 7.25. The standard InChI is InChI=1S/C30H29FN4O5/c1-18(2)16-34-28-26(29(37)33(3)30(34)38)27(24-14-13-22(40-24)15-25(36)39-4)35(32-28)17-20-7-5-6-8-23(20)19-9-11-21(31)12-10-19/h5-14,18H,15-17H2,1-4H3. The van der Waals surface area contributed by atoms with Crippen molar-refractivity contribution >= 4 is 17.0 Å². The monoisotopic (exact) mass is 544 g/mol. The zero-order valence-electron chi connectivity index (χ0n) is 22.7. The minimum Gasteiger partial charge on any atom is -0.469 e. The van der Waals surface area contributed by atoms with Gasteiger partial charge in [-0.2, -0.15) is 5.10 Å². The number of rotatable bonds is 8. The Morgan fingerprint density at radius 3 is 2.48 bits per heavy atom. The first-order chi connectivity index (χ1) is 19.2. The number of fused-ring (bicyclic) bond motifs is 1. The summed E-state index contributed by atoms with van der Waals surface area (Å²) >= 11 is 0. The maximum atomic E-state index is 13.6. The molecule has 9 nitrogen and oxygen atoms in total. The van der Waals surface area contributed by atoms with Gasteiger partial charge in [0, 0.05) is 13.6 Å². The lowest BCUT2D eigenvalue weighted by molar-refractivity contribution is -0.140. The van der Waals surface area contributed by atoms with Crippen LogP contribution in [-0.2, 0) is 36.1 Å². The fourth-order valence-electron chi connectivity index (χ4n) is 4.80. The van der Waals surface area contributed by atoms with E-state index in [-0.39, 0.29) is 35.7 Å². The Morgan fingerprint density at radius 2 is 1.77 bits per heavy atom. The van der Waals surface area contributed by atoms with Crippen LogP contribution in [0.25, 0.3) is 33.6 Å². The van der Waals surface area contributed by atoms with Gasteiger partial charge < -0.3 is 9.15 Å². The number of nitrogens with zero attached hydrogens (tertiary/aromatic N) is 4. The molecule has 0 fully saturated rings. The zero-order chi connectivity index (χ0) is 28.6. The number of furan rings is 1. The summed E-state index contributed by atoms with van der Waals surface area (Å²) in [5.41, 5.74) is 2.23. The number of carbonyl (C=O) groups excluding carboxylic acids is 1. The number of aromatic nitrogens is 4. The van der Waals surface area contributed by atoms with Crippen molar-refractivity contribution in [2.24, 2.45) is 13.0 Å². The number of halogens is 1. The highest BCUT2D eigenvalue weighted by Gasteiger charge is 2.25. The van der Waals surface area contributed by atoms with E-state index in [0.717, 1.165) is 21.3 Å². The maximum absolute atomic E-state index is 13.6. The minimum atomic E-state index is -0.501. The van der Waals surface area contributed by atoms with Crippen molar-refractivity contribution in [3.8, 4) is 22.6 Å². The molecular weight excluding hydrogens is 515 g/mol. The molecule has 0 N–H and O–H groups in total. The maximum Gasteiger partial charge on any atom is 0.332 e. The van der Waals surface area contributed by atoms with Crippen LogP contribution >= 0.6 is 0 Å². The van der Waals surface area contributed by atoms with Gasteiger partial charge in [-0.05, 0) is 46.9 Å². The highest BCUT2D eigenvalue weighted by atomic mass is 19.1. The van der Waals surface area contributed by atoms with Crippen molar-refractivity contribution in [3.05, 3.63) is 98.6 Å². The zero-order valence-corrected chi connectivity index (χ0v) is 22.7. The number of hydrogen-bond donors (Lipinski definition) is 0. The second-order valence-electron chi connectivity index (χ2n) is 10.0. The Hall–Kier alpha value is -4.73. The summed E-state index contributed by atoms with van der Waals surface area (Å²) in [6.07, 6.45) is -0.0773. The summed E-state index contributed by atoms with van der Waals surface area (Å²) in [5, 5.41) is 5.03. The van der Waals surface area contributed by atoms with Gasteiger partial charge in [-0.25, -0.2) is 9.18 Å². The lowest BCUT2D eigenvalue weighted by atomic mass is 9.99. The van der Waals surface area contributed by atoms with Crippen molar-refractivity contribution in [1.29, 1.82) is 0 Å². The number of ether oxygens (including phenoxy) is 1. The lowest BCUT2D eigenvalue weighted by Gasteiger charge is -2.12. The average Bonchev–Trinajstić information content (AvgIpc) is 3.55. The quantitative estimate of drug-likeness (QED) is 0.269. The van der Waals surface area contributed by atoms with Gasteiger partial charge in [0.2, 0.25) is 0 Å². The fraction of sp³-hybridized carbons (Fsp3) is 0.267. The highest BCUT2D eigenvalue weighted by Crippen LogP contribution is 2.31. The minimum absolute atomic E-state index is 0.0773. The summed E-state index contributed by atoms with van der Waals surface area (Å²) < 4.78 is 28.6. The summed E-state index contributed by atoms with van der Waals surface area (Å²) in [6, 6.07) is 17.2. The first-order valence-corrected chi connectivity index (χ1v) is 12.9. The van der Waals surface area contributed by atoms with Crippen LogP contribution in [0, 0.1) is 11.7 Å². The SMILES string of the molecule is COC(=O)Cc1ccc(-c2c3c(=O)n(C)c(=O)n(CC(C)C)c3nn2Cc2ccccc2-c2ccc(F)cc2)o1. The van der Waals surface area contributed by atoms with E-state index < -0.39 is 17.2 Å². The van der Waals surface area contributed by atoms with Crippen molar-refractivity contribution in [2.75, 3.05) is 7.11 Å². The van der Waals surface area contributed by atoms with E-state index in [1.54, 1.807) is 28.9 Å². The van der Waals surface area contributed by atoms with Crippen molar-refractivity contribution in [1.82, 2.24) is 18.9 Å². The van der Waals surface area contributed by atoms with E-state index in [4.69, 9.17) is 14.3 Å². The van der Waals surface area contributed by atoms with Gasteiger partial charge in [0.1, 0.15) is 29.1 Å². The molecule has 5 aromatic rings. The van der Waals surface area contributed by atoms with E-state index in [9.17, 15) is 18.8 Å². The topological polar surface area (TPSA) is 101 Å². The van der Waals surface area contributed by atoms with Crippen LogP contribution in [0.4, 0.5) is 4.39 Å². The van der Waals surface area contributed by atoms with E-state index >= 15 is 0 Å². The first kappa shape index (κ1) is 26.9. The second kappa shape index (κ2) is 10.8. The van der Waals surface area contributed by atoms with Gasteiger partial charge >= 0.3 is 11.7 Å². The van der Waals surface area contributed by atoms with Crippen LogP contribution in [0.5, 0.6) is 0 Å². The number of esters is 1. The number of carbonyl (C=O) groups is 1. The first-order valence-electron chi connectivity index (χ1n) is 12.9. The van der Waals surface area contributed by atoms with Gasteiger partial charge in [-0.1, -0.05) is 50.2 Å². The fourth-order valence-corrected chi connectivity index (χ4v) is 4.80. The molecule has 0 spiro atoms. The molecule has 0 saturated heterocycles. The van der Waals surface area contributed by atoms with Crippen LogP contribution in [0.2, 0.25) is 0 Å². The third kappa shape index (κ3) is 5.00. The average molecular weight is 545 g/mol. The molecule has 0 atom stereocenters. The van der Waals surface area contributed by atoms with E-state index in [2.05, 4.69) is 0 Å². The van der Waals surface area contributed by atoms with Crippen molar-refractivity contribution < 1.29 is 18.3 Å². The summed E-state index contributed by atoms with van der Waals surface area (Å²) in [5.74, 6) is 0.00587. The molecule has 0 unspecified atom stereocenters. The lowest BCUT2D eigenvalue weighted by Crippen LogP contribution is -2.38. The van der Waals surface area contributed by atoms with Gasteiger partial charge in [0.25, 0.3) is 5.56 Å². The summed E-state index contributed by atoms with van der Waals surface area (Å²) in [7, 11) is 2.74. The summed E-state index contributed by atoms with van der Waals surface area (Å²) in [6.45, 7) is 4.54. The van der Waals surface area contributed by atoms with E-state index in [1.807, 2.05) is 38.1 Å². The van der Waals surface area contributed by atoms with Gasteiger partial charge in [-0.3, -0.25) is 23.4 Å². The molecule has 2 aromatic carbocycles. The van der Waals surface area contributed by atoms with E-state index in [0.29, 0.717) is 23.8 Å². The molecule has 0 aliphatic carbocycles. The largest absolute Gasteiger partial charge is 0.469 e. The van der Waals surface area contributed by atoms with Gasteiger partial charge in [0.05, 0.1) is 13.7 Å². The van der Waals surface area contributed by atoms with Crippen LogP contribution < -0.4 is 11.2 Å². The number of methoxy groups -OCH3 is 1. The predicted molar refractivity (Wildman–Crippen MR) is 148 cm³/mol. The molecule has 0 radical (unpaired) electrons. The normalized spacial score (nSPS) is 11.4. The van der Waals surface area contributed by atoms with Gasteiger partial charge in [-0.15, -0.1) is 0 Å².